The summed E-state index contributed by atoms with van der Waals surface area (Å²) in [6.07, 6.45) is 1.08. The van der Waals surface area contributed by atoms with Gasteiger partial charge < -0.3 is 5.73 Å². The number of rotatable bonds is 1. The summed E-state index contributed by atoms with van der Waals surface area (Å²) in [6, 6.07) is 0.421. The van der Waals surface area contributed by atoms with Crippen LogP contribution in [0.1, 0.15) is 31.1 Å². The molecule has 2 rings (SSSR count). The molecule has 0 fully saturated rings. The third-order valence-electron chi connectivity index (χ3n) is 2.37. The Balaban J connectivity index is 2.47. The summed E-state index contributed by atoms with van der Waals surface area (Å²) in [5, 5.41) is 4.37. The number of nitrogens with two attached hydrogens (primary N) is 1. The van der Waals surface area contributed by atoms with Gasteiger partial charge in [-0.1, -0.05) is 0 Å². The van der Waals surface area contributed by atoms with Crippen molar-refractivity contribution in [3.63, 3.8) is 0 Å². The Labute approximate surface area is 82.7 Å². The average molecular weight is 197 g/mol. The minimum Gasteiger partial charge on any atom is -0.382 e. The molecule has 13 heavy (non-hydrogen) atoms. The average Bonchev–Trinajstić information content (AvgIpc) is 2.45. The van der Waals surface area contributed by atoms with Crippen molar-refractivity contribution in [2.24, 2.45) is 0 Å². The standard InChI is InChI=1S/C9H15N3S/c1-6(2)12-8-5-13-4-3-7(8)9(10)11-12/h6H,3-5H2,1-2H3,(H2,10,11). The summed E-state index contributed by atoms with van der Waals surface area (Å²) in [6.45, 7) is 4.29. The van der Waals surface area contributed by atoms with Gasteiger partial charge in [0.15, 0.2) is 0 Å². The lowest BCUT2D eigenvalue weighted by molar-refractivity contribution is 0.518. The summed E-state index contributed by atoms with van der Waals surface area (Å²) in [7, 11) is 0. The van der Waals surface area contributed by atoms with E-state index in [2.05, 4.69) is 23.6 Å². The van der Waals surface area contributed by atoms with E-state index in [0.29, 0.717) is 6.04 Å². The third kappa shape index (κ3) is 1.43. The SMILES string of the molecule is CC(C)n1nc(N)c2c1CSCC2. The van der Waals surface area contributed by atoms with Crippen molar-refractivity contribution in [2.45, 2.75) is 32.1 Å². The van der Waals surface area contributed by atoms with E-state index in [1.807, 2.05) is 11.8 Å². The smallest absolute Gasteiger partial charge is 0.148 e. The zero-order valence-electron chi connectivity index (χ0n) is 8.08. The normalized spacial score (nSPS) is 16.2. The van der Waals surface area contributed by atoms with Crippen LogP contribution in [0.25, 0.3) is 0 Å². The molecule has 3 nitrogen and oxygen atoms in total. The number of anilines is 1. The minimum atomic E-state index is 0.421. The van der Waals surface area contributed by atoms with E-state index in [1.54, 1.807) is 0 Å². The zero-order chi connectivity index (χ0) is 9.42. The molecule has 2 N–H and O–H groups in total. The fourth-order valence-corrected chi connectivity index (χ4v) is 2.71. The van der Waals surface area contributed by atoms with Gasteiger partial charge >= 0.3 is 0 Å². The Hall–Kier alpha value is -0.640. The fourth-order valence-electron chi connectivity index (χ4n) is 1.72. The van der Waals surface area contributed by atoms with Gasteiger partial charge in [0.2, 0.25) is 0 Å². The molecule has 1 aromatic rings. The lowest BCUT2D eigenvalue weighted by atomic mass is 10.2. The molecule has 0 amide bonds. The van der Waals surface area contributed by atoms with Gasteiger partial charge in [0, 0.05) is 17.4 Å². The van der Waals surface area contributed by atoms with Crippen LogP contribution in [0.4, 0.5) is 5.82 Å². The van der Waals surface area contributed by atoms with Gasteiger partial charge in [0.1, 0.15) is 5.82 Å². The van der Waals surface area contributed by atoms with Crippen LogP contribution in [0, 0.1) is 0 Å². The maximum atomic E-state index is 5.86. The van der Waals surface area contributed by atoms with Crippen LogP contribution in [0.3, 0.4) is 0 Å². The van der Waals surface area contributed by atoms with E-state index in [1.165, 1.54) is 17.0 Å². The van der Waals surface area contributed by atoms with Gasteiger partial charge in [-0.3, -0.25) is 4.68 Å². The molecule has 0 saturated carbocycles. The van der Waals surface area contributed by atoms with E-state index >= 15 is 0 Å². The van der Waals surface area contributed by atoms with Crippen LogP contribution in [0.15, 0.2) is 0 Å². The van der Waals surface area contributed by atoms with E-state index in [4.69, 9.17) is 5.73 Å². The predicted molar refractivity (Wildman–Crippen MR) is 56.9 cm³/mol. The van der Waals surface area contributed by atoms with Crippen molar-refractivity contribution in [1.29, 1.82) is 0 Å². The fraction of sp³-hybridized carbons (Fsp3) is 0.667. The van der Waals surface area contributed by atoms with Crippen molar-refractivity contribution in [2.75, 3.05) is 11.5 Å². The maximum absolute atomic E-state index is 5.86. The lowest BCUT2D eigenvalue weighted by Crippen LogP contribution is -2.10. The summed E-state index contributed by atoms with van der Waals surface area (Å²) >= 11 is 1.97. The van der Waals surface area contributed by atoms with E-state index < -0.39 is 0 Å². The number of hydrogen-bond acceptors (Lipinski definition) is 3. The largest absolute Gasteiger partial charge is 0.382 e. The number of nitrogen functional groups attached to an aromatic ring is 1. The highest BCUT2D eigenvalue weighted by Gasteiger charge is 2.20. The lowest BCUT2D eigenvalue weighted by Gasteiger charge is -2.15. The molecule has 0 aromatic carbocycles. The molecule has 4 heteroatoms. The predicted octanol–water partition coefficient (Wildman–Crippen LogP) is 1.84. The Bertz CT molecular complexity index is 317. The number of aromatic nitrogens is 2. The highest BCUT2D eigenvalue weighted by atomic mass is 32.2. The highest BCUT2D eigenvalue weighted by Crippen LogP contribution is 2.29. The molecule has 0 spiro atoms. The van der Waals surface area contributed by atoms with Gasteiger partial charge in [0.25, 0.3) is 0 Å². The first-order valence-electron chi connectivity index (χ1n) is 4.63. The van der Waals surface area contributed by atoms with Gasteiger partial charge in [-0.25, -0.2) is 0 Å². The van der Waals surface area contributed by atoms with Crippen LogP contribution in [-0.4, -0.2) is 15.5 Å². The molecule has 0 atom stereocenters. The summed E-state index contributed by atoms with van der Waals surface area (Å²) < 4.78 is 2.07. The second-order valence-electron chi connectivity index (χ2n) is 3.65. The summed E-state index contributed by atoms with van der Waals surface area (Å²) in [5.41, 5.74) is 8.48. The molecule has 2 heterocycles. The monoisotopic (exact) mass is 197 g/mol. The first-order valence-corrected chi connectivity index (χ1v) is 5.79. The topological polar surface area (TPSA) is 43.8 Å². The second-order valence-corrected chi connectivity index (χ2v) is 4.76. The van der Waals surface area contributed by atoms with E-state index in [0.717, 1.165) is 18.0 Å². The second kappa shape index (κ2) is 3.25. The Morgan fingerprint density at radius 2 is 2.31 bits per heavy atom. The van der Waals surface area contributed by atoms with Crippen molar-refractivity contribution < 1.29 is 0 Å². The summed E-state index contributed by atoms with van der Waals surface area (Å²) in [4.78, 5) is 0. The Kier molecular flexibility index (Phi) is 2.24. The number of nitrogens with zero attached hydrogens (tertiary/aromatic N) is 2. The van der Waals surface area contributed by atoms with Crippen LogP contribution < -0.4 is 5.73 Å². The van der Waals surface area contributed by atoms with E-state index in [-0.39, 0.29) is 0 Å². The van der Waals surface area contributed by atoms with Gasteiger partial charge in [-0.05, 0) is 26.0 Å². The van der Waals surface area contributed by atoms with Crippen LogP contribution >= 0.6 is 11.8 Å². The van der Waals surface area contributed by atoms with Crippen LogP contribution in [0.5, 0.6) is 0 Å². The number of fused-ring (bicyclic) bond motifs is 1. The zero-order valence-corrected chi connectivity index (χ0v) is 8.90. The molecule has 1 aromatic heterocycles. The van der Waals surface area contributed by atoms with Gasteiger partial charge in [-0.2, -0.15) is 16.9 Å². The number of thioether (sulfide) groups is 1. The Morgan fingerprint density at radius 1 is 1.54 bits per heavy atom. The quantitative estimate of drug-likeness (QED) is 0.747. The first-order chi connectivity index (χ1) is 6.20. The van der Waals surface area contributed by atoms with Gasteiger partial charge in [0.05, 0.1) is 5.69 Å². The number of hydrogen-bond donors (Lipinski definition) is 1. The molecule has 72 valence electrons. The first kappa shape index (κ1) is 8.94. The van der Waals surface area contributed by atoms with E-state index in [9.17, 15) is 0 Å². The molecule has 1 aliphatic heterocycles. The highest BCUT2D eigenvalue weighted by molar-refractivity contribution is 7.98. The molecule has 0 radical (unpaired) electrons. The molecule has 0 bridgehead atoms. The van der Waals surface area contributed by atoms with Crippen molar-refractivity contribution in [3.8, 4) is 0 Å². The molecule has 0 aliphatic carbocycles. The van der Waals surface area contributed by atoms with Crippen molar-refractivity contribution >= 4 is 17.6 Å². The molecular formula is C9H15N3S. The summed E-state index contributed by atoms with van der Waals surface area (Å²) in [5.74, 6) is 2.99. The van der Waals surface area contributed by atoms with Crippen LogP contribution in [0.2, 0.25) is 0 Å². The van der Waals surface area contributed by atoms with Crippen LogP contribution in [-0.2, 0) is 12.2 Å². The molecular weight excluding hydrogens is 182 g/mol. The minimum absolute atomic E-state index is 0.421. The molecule has 0 unspecified atom stereocenters. The maximum Gasteiger partial charge on any atom is 0.148 e. The Morgan fingerprint density at radius 3 is 3.00 bits per heavy atom. The van der Waals surface area contributed by atoms with Crippen molar-refractivity contribution in [1.82, 2.24) is 9.78 Å². The van der Waals surface area contributed by atoms with Crippen molar-refractivity contribution in [3.05, 3.63) is 11.3 Å². The molecule has 0 saturated heterocycles. The van der Waals surface area contributed by atoms with Gasteiger partial charge in [-0.15, -0.1) is 0 Å². The third-order valence-corrected chi connectivity index (χ3v) is 3.34. The molecule has 1 aliphatic rings.